The molecule has 306 valence electrons. The molecule has 14 nitrogen and oxygen atoms in total. The van der Waals surface area contributed by atoms with Crippen LogP contribution >= 0.6 is 0 Å². The number of carbonyl (C=O) groups is 4. The Morgan fingerprint density at radius 1 is 0.966 bits per heavy atom. The number of hydrogen-bond acceptors (Lipinski definition) is 10. The normalized spacial score (nSPS) is 27.6. The van der Waals surface area contributed by atoms with E-state index < -0.39 is 74.5 Å². The minimum Gasteiger partial charge on any atom is -0.484 e. The van der Waals surface area contributed by atoms with Crippen LogP contribution in [0, 0.1) is 11.7 Å². The summed E-state index contributed by atoms with van der Waals surface area (Å²) in [7, 11) is -3.92. The largest absolute Gasteiger partial charge is 0.484 e. The SMILES string of the molecule is O=C(N[C@H]1CCCCC/C=C\[C@H]2C[C@@]2(C(=O)NS(=O)(=O)C2CC2)NC(=O)[C@@H]2C[C@@H](Oc3c4ccccc4nc4c3oc3ccc(F)cc34)CN2C1=O)OC1CCCC1. The topological polar surface area (TPSA) is 186 Å². The average Bonchev–Trinajstić information content (AvgIpc) is 4.02. The fourth-order valence-electron chi connectivity index (χ4n) is 8.79. The summed E-state index contributed by atoms with van der Waals surface area (Å²) < 4.78 is 61.1. The molecule has 3 saturated carbocycles. The van der Waals surface area contributed by atoms with Crippen molar-refractivity contribution >= 4 is 66.8 Å². The molecule has 58 heavy (non-hydrogen) atoms. The number of hydrogen-bond donors (Lipinski definition) is 3. The molecule has 2 aromatic carbocycles. The molecule has 3 aliphatic carbocycles. The molecule has 9 rings (SSSR count). The molecule has 0 spiro atoms. The van der Waals surface area contributed by atoms with Crippen molar-refractivity contribution in [3.05, 3.63) is 60.4 Å². The fourth-order valence-corrected chi connectivity index (χ4v) is 10.2. The first-order valence-corrected chi connectivity index (χ1v) is 21.9. The Bertz CT molecular complexity index is 2440. The number of fused-ring (bicyclic) bond motifs is 6. The van der Waals surface area contributed by atoms with Gasteiger partial charge in [-0.25, -0.2) is 22.6 Å². The van der Waals surface area contributed by atoms with Crippen molar-refractivity contribution in [1.29, 1.82) is 0 Å². The summed E-state index contributed by atoms with van der Waals surface area (Å²) >= 11 is 0. The van der Waals surface area contributed by atoms with Gasteiger partial charge in [-0.05, 0) is 94.5 Å². The predicted octanol–water partition coefficient (Wildman–Crippen LogP) is 5.66. The van der Waals surface area contributed by atoms with Gasteiger partial charge in [0.15, 0.2) is 11.3 Å². The number of nitrogens with zero attached hydrogens (tertiary/aromatic N) is 2. The quantitative estimate of drug-likeness (QED) is 0.197. The van der Waals surface area contributed by atoms with Gasteiger partial charge in [-0.3, -0.25) is 19.1 Å². The maximum Gasteiger partial charge on any atom is 0.408 e. The van der Waals surface area contributed by atoms with Crippen molar-refractivity contribution < 1.29 is 45.9 Å². The molecule has 5 aliphatic rings. The molecular formula is C42H46FN5O9S. The second-order valence-corrected chi connectivity index (χ2v) is 18.3. The maximum absolute atomic E-state index is 14.7. The van der Waals surface area contributed by atoms with Crippen LogP contribution < -0.4 is 20.1 Å². The number of ether oxygens (including phenoxy) is 2. The van der Waals surface area contributed by atoms with Crippen LogP contribution in [-0.4, -0.2) is 83.7 Å². The number of pyridine rings is 1. The summed E-state index contributed by atoms with van der Waals surface area (Å²) in [6.45, 7) is -0.0711. The molecule has 2 aliphatic heterocycles. The van der Waals surface area contributed by atoms with Gasteiger partial charge in [0.1, 0.15) is 46.7 Å². The number of alkyl carbamates (subject to hydrolysis) is 1. The Hall–Kier alpha value is -5.25. The second kappa shape index (κ2) is 15.2. The first-order chi connectivity index (χ1) is 28.0. The van der Waals surface area contributed by atoms with E-state index in [1.807, 2.05) is 30.4 Å². The van der Waals surface area contributed by atoms with E-state index in [0.29, 0.717) is 65.2 Å². The predicted molar refractivity (Wildman–Crippen MR) is 210 cm³/mol. The number of benzene rings is 2. The van der Waals surface area contributed by atoms with Crippen LogP contribution in [0.5, 0.6) is 5.75 Å². The van der Waals surface area contributed by atoms with Crippen LogP contribution in [0.15, 0.2) is 59.0 Å². The van der Waals surface area contributed by atoms with Gasteiger partial charge in [-0.1, -0.05) is 37.1 Å². The van der Waals surface area contributed by atoms with Gasteiger partial charge in [-0.2, -0.15) is 0 Å². The highest BCUT2D eigenvalue weighted by atomic mass is 32.2. The van der Waals surface area contributed by atoms with Crippen LogP contribution in [0.1, 0.15) is 83.5 Å². The Morgan fingerprint density at radius 2 is 1.76 bits per heavy atom. The van der Waals surface area contributed by atoms with Crippen molar-refractivity contribution in [1.82, 2.24) is 25.2 Å². The van der Waals surface area contributed by atoms with Gasteiger partial charge in [0.05, 0.1) is 17.3 Å². The van der Waals surface area contributed by atoms with E-state index in [9.17, 15) is 32.0 Å². The Labute approximate surface area is 334 Å². The number of sulfonamides is 1. The molecule has 4 aromatic rings. The minimum absolute atomic E-state index is 0.0115. The van der Waals surface area contributed by atoms with Gasteiger partial charge >= 0.3 is 6.09 Å². The molecule has 3 N–H and O–H groups in total. The van der Waals surface area contributed by atoms with Crippen LogP contribution in [0.3, 0.4) is 0 Å². The summed E-state index contributed by atoms with van der Waals surface area (Å²) in [5.74, 6) is -2.58. The minimum atomic E-state index is -3.92. The van der Waals surface area contributed by atoms with Gasteiger partial charge in [-0.15, -0.1) is 0 Å². The van der Waals surface area contributed by atoms with Gasteiger partial charge in [0.25, 0.3) is 5.91 Å². The van der Waals surface area contributed by atoms with Crippen LogP contribution in [0.25, 0.3) is 33.0 Å². The Balaban J connectivity index is 1.06. The second-order valence-electron chi connectivity index (χ2n) is 16.4. The van der Waals surface area contributed by atoms with Crippen molar-refractivity contribution in [2.45, 2.75) is 119 Å². The highest BCUT2D eigenvalue weighted by Crippen LogP contribution is 2.46. The molecule has 4 heterocycles. The van der Waals surface area contributed by atoms with Crippen LogP contribution in [0.2, 0.25) is 0 Å². The molecular weight excluding hydrogens is 770 g/mol. The van der Waals surface area contributed by atoms with E-state index >= 15 is 0 Å². The lowest BCUT2D eigenvalue weighted by molar-refractivity contribution is -0.141. The third-order valence-electron chi connectivity index (χ3n) is 12.2. The third kappa shape index (κ3) is 7.46. The number of nitrogens with one attached hydrogen (secondary N) is 3. The highest BCUT2D eigenvalue weighted by molar-refractivity contribution is 7.91. The molecule has 16 heteroatoms. The summed E-state index contributed by atoms with van der Waals surface area (Å²) in [5, 5.41) is 6.11. The van der Waals surface area contributed by atoms with Crippen LogP contribution in [0.4, 0.5) is 9.18 Å². The molecule has 5 atom stereocenters. The molecule has 4 fully saturated rings. The Kier molecular flexibility index (Phi) is 10.0. The lowest BCUT2D eigenvalue weighted by Gasteiger charge is -2.30. The summed E-state index contributed by atoms with van der Waals surface area (Å²) in [6, 6.07) is 9.21. The highest BCUT2D eigenvalue weighted by Gasteiger charge is 2.62. The zero-order chi connectivity index (χ0) is 40.2. The Morgan fingerprint density at radius 3 is 2.57 bits per heavy atom. The number of para-hydroxylation sites is 1. The van der Waals surface area contributed by atoms with Gasteiger partial charge in [0, 0.05) is 23.1 Å². The molecule has 1 saturated heterocycles. The number of allylic oxidation sites excluding steroid dienone is 1. The molecule has 0 unspecified atom stereocenters. The summed E-state index contributed by atoms with van der Waals surface area (Å²) in [4.78, 5) is 62.5. The average molecular weight is 816 g/mol. The van der Waals surface area contributed by atoms with Crippen molar-refractivity contribution in [3.63, 3.8) is 0 Å². The van der Waals surface area contributed by atoms with E-state index in [1.165, 1.54) is 23.1 Å². The molecule has 0 bridgehead atoms. The van der Waals surface area contributed by atoms with Crippen molar-refractivity contribution in [2.75, 3.05) is 6.54 Å². The van der Waals surface area contributed by atoms with Crippen molar-refractivity contribution in [2.24, 2.45) is 5.92 Å². The van der Waals surface area contributed by atoms with E-state index in [-0.39, 0.29) is 31.1 Å². The zero-order valence-corrected chi connectivity index (χ0v) is 32.7. The number of amides is 4. The standard InChI is InChI=1S/C42H46FN5O9S/c43-25-16-19-34-30(20-25)35-37(57-34)36(29-13-8-9-14-31(29)44-35)55-27-21-33-38(49)46-42(40(51)47-58(53,54)28-17-18-28)22-24(42)10-4-2-1-3-5-15-32(39(50)48(33)23-27)45-41(52)56-26-11-6-7-12-26/h4,8-10,13-14,16,19-20,24,26-28,32-33H,1-3,5-7,11-12,15,17-18,21-23H2,(H,45,52)(H,46,49)(H,47,51)/b10-4-/t24-,27+,32-,33-,42+/m0/s1. The number of furan rings is 1. The molecule has 4 amide bonds. The smallest absolute Gasteiger partial charge is 0.408 e. The van der Waals surface area contributed by atoms with Gasteiger partial charge in [0.2, 0.25) is 21.8 Å². The fraction of sp³-hybridized carbons (Fsp3) is 0.500. The number of aromatic nitrogens is 1. The third-order valence-corrected chi connectivity index (χ3v) is 14.0. The van der Waals surface area contributed by atoms with E-state index in [0.717, 1.165) is 38.5 Å². The number of carbonyl (C=O) groups excluding carboxylic acids is 4. The van der Waals surface area contributed by atoms with Crippen LogP contribution in [-0.2, 0) is 29.1 Å². The lowest BCUT2D eigenvalue weighted by atomic mass is 10.0. The monoisotopic (exact) mass is 815 g/mol. The van der Waals surface area contributed by atoms with E-state index in [2.05, 4.69) is 15.4 Å². The molecule has 2 aromatic heterocycles. The molecule has 0 radical (unpaired) electrons. The maximum atomic E-state index is 14.7. The van der Waals surface area contributed by atoms with E-state index in [1.54, 1.807) is 6.07 Å². The summed E-state index contributed by atoms with van der Waals surface area (Å²) in [6.07, 6.45) is 9.72. The van der Waals surface area contributed by atoms with Gasteiger partial charge < -0.3 is 29.4 Å². The summed E-state index contributed by atoms with van der Waals surface area (Å²) in [5.41, 5.74) is 0.0797. The lowest BCUT2D eigenvalue weighted by Crippen LogP contribution is -2.58. The number of rotatable bonds is 7. The van der Waals surface area contributed by atoms with Crippen molar-refractivity contribution in [3.8, 4) is 5.75 Å². The first-order valence-electron chi connectivity index (χ1n) is 20.4. The zero-order valence-electron chi connectivity index (χ0n) is 31.9. The first kappa shape index (κ1) is 38.3. The number of halogens is 1. The van der Waals surface area contributed by atoms with E-state index in [4.69, 9.17) is 18.9 Å².